The van der Waals surface area contributed by atoms with Crippen LogP contribution in [-0.4, -0.2) is 24.5 Å². The van der Waals surface area contributed by atoms with Crippen molar-refractivity contribution in [3.8, 4) is 0 Å². The van der Waals surface area contributed by atoms with E-state index in [0.29, 0.717) is 24.4 Å². The molecule has 0 aromatic heterocycles. The average molecular weight is 238 g/mol. The molecule has 2 fully saturated rings. The second kappa shape index (κ2) is 5.85. The fourth-order valence-electron chi connectivity index (χ4n) is 2.74. The Morgan fingerprint density at radius 2 is 1.94 bits per heavy atom. The molecule has 0 bridgehead atoms. The van der Waals surface area contributed by atoms with Gasteiger partial charge in [0.15, 0.2) is 0 Å². The molecule has 0 radical (unpaired) electrons. The topological polar surface area (TPSA) is 41.1 Å². The van der Waals surface area contributed by atoms with Gasteiger partial charge in [0.1, 0.15) is 0 Å². The Labute approximate surface area is 105 Å². The first-order valence-electron chi connectivity index (χ1n) is 7.19. The molecule has 2 N–H and O–H groups in total. The zero-order valence-corrected chi connectivity index (χ0v) is 11.2. The summed E-state index contributed by atoms with van der Waals surface area (Å²) >= 11 is 0. The first-order chi connectivity index (χ1) is 8.16. The summed E-state index contributed by atoms with van der Waals surface area (Å²) in [5.41, 5.74) is 0. The monoisotopic (exact) mass is 238 g/mol. The Bertz CT molecular complexity index is 263. The average Bonchev–Trinajstić information content (AvgIpc) is 3.09. The molecule has 2 saturated carbocycles. The summed E-state index contributed by atoms with van der Waals surface area (Å²) in [5, 5.41) is 6.60. The van der Waals surface area contributed by atoms with Gasteiger partial charge in [0.05, 0.1) is 0 Å². The van der Waals surface area contributed by atoms with Gasteiger partial charge in [-0.3, -0.25) is 4.79 Å². The van der Waals surface area contributed by atoms with Crippen LogP contribution in [-0.2, 0) is 4.79 Å². The molecule has 2 rings (SSSR count). The predicted octanol–water partition coefficient (Wildman–Crippen LogP) is 2.07. The van der Waals surface area contributed by atoms with Gasteiger partial charge in [0.25, 0.3) is 0 Å². The highest BCUT2D eigenvalue weighted by Crippen LogP contribution is 2.29. The van der Waals surface area contributed by atoms with E-state index in [1.165, 1.54) is 25.7 Å². The summed E-state index contributed by atoms with van der Waals surface area (Å²) in [6.45, 7) is 5.42. The Balaban J connectivity index is 1.65. The maximum atomic E-state index is 11.8. The molecule has 2 aliphatic carbocycles. The summed E-state index contributed by atoms with van der Waals surface area (Å²) < 4.78 is 0. The number of carbonyl (C=O) groups excluding carboxylic acids is 1. The van der Waals surface area contributed by atoms with Gasteiger partial charge < -0.3 is 10.6 Å². The van der Waals surface area contributed by atoms with Crippen LogP contribution in [0, 0.1) is 11.8 Å². The van der Waals surface area contributed by atoms with E-state index in [0.717, 1.165) is 18.9 Å². The van der Waals surface area contributed by atoms with Gasteiger partial charge in [-0.1, -0.05) is 26.7 Å². The Morgan fingerprint density at radius 1 is 1.18 bits per heavy atom. The molecule has 3 unspecified atom stereocenters. The van der Waals surface area contributed by atoms with Gasteiger partial charge in [-0.2, -0.15) is 0 Å². The molecule has 0 spiro atoms. The molecule has 1 amide bonds. The van der Waals surface area contributed by atoms with Gasteiger partial charge >= 0.3 is 0 Å². The first-order valence-corrected chi connectivity index (χ1v) is 7.19. The minimum absolute atomic E-state index is 0.226. The van der Waals surface area contributed by atoms with Crippen LogP contribution in [0.2, 0.25) is 0 Å². The van der Waals surface area contributed by atoms with Crippen molar-refractivity contribution in [2.75, 3.05) is 6.54 Å². The smallest absolute Gasteiger partial charge is 0.221 e. The molecule has 0 aliphatic heterocycles. The van der Waals surface area contributed by atoms with Crippen LogP contribution in [0.5, 0.6) is 0 Å². The summed E-state index contributed by atoms with van der Waals surface area (Å²) in [5.74, 6) is 1.60. The predicted molar refractivity (Wildman–Crippen MR) is 69.8 cm³/mol. The molecule has 0 saturated heterocycles. The summed E-state index contributed by atoms with van der Waals surface area (Å²) in [6, 6.07) is 1.11. The fraction of sp³-hybridized carbons (Fsp3) is 0.929. The summed E-state index contributed by atoms with van der Waals surface area (Å²) in [4.78, 5) is 11.8. The van der Waals surface area contributed by atoms with E-state index in [9.17, 15) is 4.79 Å². The van der Waals surface area contributed by atoms with Gasteiger partial charge in [0, 0.05) is 25.0 Å². The highest BCUT2D eigenvalue weighted by Gasteiger charge is 2.28. The van der Waals surface area contributed by atoms with Gasteiger partial charge in [0.2, 0.25) is 5.91 Å². The molecule has 98 valence electrons. The van der Waals surface area contributed by atoms with Crippen LogP contribution < -0.4 is 10.6 Å². The molecule has 3 atom stereocenters. The third-order valence-electron chi connectivity index (χ3n) is 4.42. The largest absolute Gasteiger partial charge is 0.353 e. The lowest BCUT2D eigenvalue weighted by molar-refractivity contribution is -0.122. The van der Waals surface area contributed by atoms with Crippen LogP contribution in [0.1, 0.15) is 52.4 Å². The van der Waals surface area contributed by atoms with E-state index in [1.807, 2.05) is 0 Å². The normalized spacial score (nSPS) is 33.4. The second-order valence-corrected chi connectivity index (χ2v) is 5.92. The molecule has 0 heterocycles. The molecule has 3 heteroatoms. The third-order valence-corrected chi connectivity index (χ3v) is 4.42. The number of carbonyl (C=O) groups is 1. The van der Waals surface area contributed by atoms with Crippen molar-refractivity contribution in [1.82, 2.24) is 10.6 Å². The van der Waals surface area contributed by atoms with E-state index in [1.54, 1.807) is 0 Å². The zero-order valence-electron chi connectivity index (χ0n) is 11.2. The standard InChI is InChI=1S/C14H26N2O/c1-10-4-3-5-13(11(10)2)16-14(17)8-9-15-12-6-7-12/h10-13,15H,3-9H2,1-2H3,(H,16,17). The number of hydrogen-bond acceptors (Lipinski definition) is 2. The molecular formula is C14H26N2O. The first kappa shape index (κ1) is 12.9. The molecule has 17 heavy (non-hydrogen) atoms. The van der Waals surface area contributed by atoms with Crippen LogP contribution in [0.4, 0.5) is 0 Å². The highest BCUT2D eigenvalue weighted by molar-refractivity contribution is 5.76. The van der Waals surface area contributed by atoms with Crippen molar-refractivity contribution in [2.24, 2.45) is 11.8 Å². The van der Waals surface area contributed by atoms with Crippen LogP contribution >= 0.6 is 0 Å². The lowest BCUT2D eigenvalue weighted by Gasteiger charge is -2.34. The van der Waals surface area contributed by atoms with E-state index >= 15 is 0 Å². The number of amides is 1. The Kier molecular flexibility index (Phi) is 4.43. The van der Waals surface area contributed by atoms with E-state index in [-0.39, 0.29) is 5.91 Å². The van der Waals surface area contributed by atoms with Crippen molar-refractivity contribution in [2.45, 2.75) is 64.5 Å². The van der Waals surface area contributed by atoms with Crippen LogP contribution in [0.25, 0.3) is 0 Å². The molecule has 0 aromatic carbocycles. The fourth-order valence-corrected chi connectivity index (χ4v) is 2.74. The SMILES string of the molecule is CC1CCCC(NC(=O)CCNC2CC2)C1C. The molecule has 2 aliphatic rings. The van der Waals surface area contributed by atoms with Crippen LogP contribution in [0.3, 0.4) is 0 Å². The van der Waals surface area contributed by atoms with Crippen LogP contribution in [0.15, 0.2) is 0 Å². The Hall–Kier alpha value is -0.570. The third kappa shape index (κ3) is 3.98. The lowest BCUT2D eigenvalue weighted by atomic mass is 9.78. The van der Waals surface area contributed by atoms with Gasteiger partial charge in [-0.25, -0.2) is 0 Å². The lowest BCUT2D eigenvalue weighted by Crippen LogP contribution is -2.44. The minimum atomic E-state index is 0.226. The molecular weight excluding hydrogens is 212 g/mol. The van der Waals surface area contributed by atoms with Crippen molar-refractivity contribution < 1.29 is 4.79 Å². The van der Waals surface area contributed by atoms with Gasteiger partial charge in [-0.05, 0) is 31.1 Å². The minimum Gasteiger partial charge on any atom is -0.353 e. The van der Waals surface area contributed by atoms with E-state index in [4.69, 9.17) is 0 Å². The second-order valence-electron chi connectivity index (χ2n) is 5.92. The quantitative estimate of drug-likeness (QED) is 0.770. The van der Waals surface area contributed by atoms with E-state index in [2.05, 4.69) is 24.5 Å². The van der Waals surface area contributed by atoms with Crippen molar-refractivity contribution in [1.29, 1.82) is 0 Å². The maximum absolute atomic E-state index is 11.8. The zero-order chi connectivity index (χ0) is 12.3. The summed E-state index contributed by atoms with van der Waals surface area (Å²) in [6.07, 6.45) is 6.95. The maximum Gasteiger partial charge on any atom is 0.221 e. The van der Waals surface area contributed by atoms with Crippen molar-refractivity contribution in [3.05, 3.63) is 0 Å². The van der Waals surface area contributed by atoms with E-state index < -0.39 is 0 Å². The molecule has 0 aromatic rings. The summed E-state index contributed by atoms with van der Waals surface area (Å²) in [7, 11) is 0. The number of rotatable bonds is 5. The number of nitrogens with one attached hydrogen (secondary N) is 2. The van der Waals surface area contributed by atoms with Gasteiger partial charge in [-0.15, -0.1) is 0 Å². The highest BCUT2D eigenvalue weighted by atomic mass is 16.1. The van der Waals surface area contributed by atoms with Crippen molar-refractivity contribution in [3.63, 3.8) is 0 Å². The molecule has 3 nitrogen and oxygen atoms in total. The number of hydrogen-bond donors (Lipinski definition) is 2. The Morgan fingerprint density at radius 3 is 2.65 bits per heavy atom. The van der Waals surface area contributed by atoms with Crippen molar-refractivity contribution >= 4 is 5.91 Å².